The maximum Gasteiger partial charge on any atom is 0.616 e. The summed E-state index contributed by atoms with van der Waals surface area (Å²) < 4.78 is 35.6. The summed E-state index contributed by atoms with van der Waals surface area (Å²) in [7, 11) is 13.2. The number of likely N-dealkylation sites (N-methyl/N-ethyl adjacent to an activating group) is 1. The SMILES string of the molecule is [B]C1CN(C)CC(CO[P+](=O)N2CC([B])OC(COC)C2)O1. The summed E-state index contributed by atoms with van der Waals surface area (Å²) in [4.78, 5) is 2.06. The van der Waals surface area contributed by atoms with Crippen LogP contribution >= 0.6 is 8.18 Å². The van der Waals surface area contributed by atoms with Gasteiger partial charge in [0.05, 0.1) is 31.9 Å². The summed E-state index contributed by atoms with van der Waals surface area (Å²) in [6.45, 7) is 2.83. The predicted octanol–water partition coefficient (Wildman–Crippen LogP) is -0.673. The molecule has 4 radical (unpaired) electrons. The second kappa shape index (κ2) is 8.73. The Morgan fingerprint density at radius 3 is 2.36 bits per heavy atom. The van der Waals surface area contributed by atoms with Crippen molar-refractivity contribution in [2.24, 2.45) is 0 Å². The molecule has 2 aliphatic heterocycles. The molecule has 2 heterocycles. The molecule has 2 fully saturated rings. The van der Waals surface area contributed by atoms with Crippen molar-refractivity contribution in [1.82, 2.24) is 9.57 Å². The number of morpholine rings is 2. The van der Waals surface area contributed by atoms with Crippen molar-refractivity contribution in [1.29, 1.82) is 0 Å². The molecule has 0 aromatic carbocycles. The van der Waals surface area contributed by atoms with Gasteiger partial charge in [0.15, 0.2) is 0 Å². The van der Waals surface area contributed by atoms with Gasteiger partial charge in [0.2, 0.25) is 0 Å². The van der Waals surface area contributed by atoms with E-state index in [1.165, 1.54) is 0 Å². The first kappa shape index (κ1) is 18.3. The van der Waals surface area contributed by atoms with Crippen LogP contribution in [0.2, 0.25) is 0 Å². The fraction of sp³-hybridized carbons (Fsp3) is 1.00. The van der Waals surface area contributed by atoms with E-state index in [4.69, 9.17) is 34.4 Å². The molecule has 0 bridgehead atoms. The lowest BCUT2D eigenvalue weighted by atomic mass is 9.98. The molecule has 10 heteroatoms. The summed E-state index contributed by atoms with van der Waals surface area (Å²) in [6, 6.07) is -0.838. The number of ether oxygens (including phenoxy) is 3. The summed E-state index contributed by atoms with van der Waals surface area (Å²) in [5, 5.41) is 0. The Morgan fingerprint density at radius 2 is 1.73 bits per heavy atom. The van der Waals surface area contributed by atoms with E-state index in [0.29, 0.717) is 32.8 Å². The van der Waals surface area contributed by atoms with Crippen LogP contribution in [0.5, 0.6) is 0 Å². The molecule has 0 amide bonds. The van der Waals surface area contributed by atoms with Crippen LogP contribution in [0.15, 0.2) is 0 Å². The molecule has 0 aromatic heterocycles. The summed E-state index contributed by atoms with van der Waals surface area (Å²) in [6.07, 6.45) is -0.390. The fourth-order valence-electron chi connectivity index (χ4n) is 2.64. The highest BCUT2D eigenvalue weighted by Gasteiger charge is 2.39. The molecule has 0 aromatic rings. The second-order valence-corrected chi connectivity index (χ2v) is 6.97. The Hall–Kier alpha value is -0.0101. The molecule has 0 saturated carbocycles. The molecule has 0 spiro atoms. The highest BCUT2D eigenvalue weighted by atomic mass is 31.1. The zero-order valence-corrected chi connectivity index (χ0v) is 14.0. The molecule has 120 valence electrons. The molecule has 2 saturated heterocycles. The largest absolute Gasteiger partial charge is 0.616 e. The van der Waals surface area contributed by atoms with Gasteiger partial charge < -0.3 is 19.1 Å². The molecule has 0 aliphatic carbocycles. The number of nitrogens with zero attached hydrogens (tertiary/aromatic N) is 2. The van der Waals surface area contributed by atoms with Gasteiger partial charge in [0.1, 0.15) is 22.3 Å². The van der Waals surface area contributed by atoms with Gasteiger partial charge in [0.25, 0.3) is 0 Å². The molecule has 5 unspecified atom stereocenters. The van der Waals surface area contributed by atoms with Crippen molar-refractivity contribution in [3.63, 3.8) is 0 Å². The Balaban J connectivity index is 1.78. The lowest BCUT2D eigenvalue weighted by Gasteiger charge is -2.34. The van der Waals surface area contributed by atoms with Gasteiger partial charge in [0, 0.05) is 32.2 Å². The summed E-state index contributed by atoms with van der Waals surface area (Å²) in [5.41, 5.74) is 0. The highest BCUT2D eigenvalue weighted by molar-refractivity contribution is 7.36. The first-order valence-electron chi connectivity index (χ1n) is 7.32. The van der Waals surface area contributed by atoms with Crippen LogP contribution < -0.4 is 0 Å². The van der Waals surface area contributed by atoms with Gasteiger partial charge in [-0.25, -0.2) is 0 Å². The van der Waals surface area contributed by atoms with Gasteiger partial charge in [-0.05, 0) is 11.6 Å². The Kier molecular flexibility index (Phi) is 7.28. The average molecular weight is 327 g/mol. The number of methoxy groups -OCH3 is 1. The zero-order valence-electron chi connectivity index (χ0n) is 13.1. The summed E-state index contributed by atoms with van der Waals surface area (Å²) >= 11 is 0. The third kappa shape index (κ3) is 5.57. The second-order valence-electron chi connectivity index (χ2n) is 5.67. The smallest absolute Gasteiger partial charge is 0.382 e. The molecule has 2 rings (SSSR count). The van der Waals surface area contributed by atoms with Gasteiger partial charge in [-0.2, -0.15) is 0 Å². The first-order chi connectivity index (χ1) is 10.5. The molecular formula is C12H22B2N2O5P+. The van der Waals surface area contributed by atoms with E-state index in [2.05, 4.69) is 4.90 Å². The molecule has 5 atom stereocenters. The fourth-order valence-corrected chi connectivity index (χ4v) is 3.71. The Bertz CT molecular complexity index is 371. The Morgan fingerprint density at radius 1 is 1.09 bits per heavy atom. The molecule has 2 aliphatic rings. The quantitative estimate of drug-likeness (QED) is 0.474. The highest BCUT2D eigenvalue weighted by Crippen LogP contribution is 2.32. The van der Waals surface area contributed by atoms with E-state index in [1.807, 2.05) is 7.05 Å². The monoisotopic (exact) mass is 327 g/mol. The number of hydrogen-bond acceptors (Lipinski definition) is 6. The molecular weight excluding hydrogens is 305 g/mol. The lowest BCUT2D eigenvalue weighted by molar-refractivity contribution is -0.0684. The minimum absolute atomic E-state index is 0.183. The standard InChI is InChI=1S/C12H22B2N2O5P/c1-15-3-9(20-11(13)5-15)8-19-22(17)16-4-10(7-18-2)21-12(14)6-16/h9-12H,3-8H2,1-2H3/q+1. The van der Waals surface area contributed by atoms with Gasteiger partial charge >= 0.3 is 8.18 Å². The van der Waals surface area contributed by atoms with E-state index >= 15 is 0 Å². The Labute approximate surface area is 135 Å². The van der Waals surface area contributed by atoms with Crippen LogP contribution in [0.1, 0.15) is 0 Å². The third-order valence-electron chi connectivity index (χ3n) is 3.50. The number of rotatable bonds is 6. The van der Waals surface area contributed by atoms with Gasteiger partial charge in [-0.1, -0.05) is 4.67 Å². The minimum atomic E-state index is -1.99. The van der Waals surface area contributed by atoms with Crippen LogP contribution in [0, 0.1) is 0 Å². The maximum absolute atomic E-state index is 12.3. The van der Waals surface area contributed by atoms with Crippen molar-refractivity contribution < 1.29 is 23.3 Å². The lowest BCUT2D eigenvalue weighted by Crippen LogP contribution is -2.48. The topological polar surface area (TPSA) is 60.5 Å². The van der Waals surface area contributed by atoms with E-state index in [1.54, 1.807) is 11.8 Å². The van der Waals surface area contributed by atoms with Crippen LogP contribution in [0.4, 0.5) is 0 Å². The minimum Gasteiger partial charge on any atom is -0.382 e. The van der Waals surface area contributed by atoms with Crippen molar-refractivity contribution >= 4 is 23.9 Å². The van der Waals surface area contributed by atoms with Crippen molar-refractivity contribution in [3.8, 4) is 0 Å². The van der Waals surface area contributed by atoms with Crippen LogP contribution in [-0.4, -0.2) is 103 Å². The van der Waals surface area contributed by atoms with E-state index < -0.39 is 14.2 Å². The van der Waals surface area contributed by atoms with Gasteiger partial charge in [-0.15, -0.1) is 4.52 Å². The van der Waals surface area contributed by atoms with Gasteiger partial charge in [-0.3, -0.25) is 0 Å². The van der Waals surface area contributed by atoms with Crippen LogP contribution in [0.3, 0.4) is 0 Å². The van der Waals surface area contributed by atoms with Crippen LogP contribution in [0.25, 0.3) is 0 Å². The van der Waals surface area contributed by atoms with Crippen molar-refractivity contribution in [2.75, 3.05) is 53.6 Å². The third-order valence-corrected chi connectivity index (χ3v) is 4.66. The van der Waals surface area contributed by atoms with Crippen LogP contribution in [-0.2, 0) is 23.3 Å². The predicted molar refractivity (Wildman–Crippen MR) is 83.3 cm³/mol. The van der Waals surface area contributed by atoms with Crippen molar-refractivity contribution in [2.45, 2.75) is 24.2 Å². The summed E-state index contributed by atoms with van der Waals surface area (Å²) in [5.74, 6) is 0. The number of hydrogen-bond donors (Lipinski definition) is 0. The molecule has 22 heavy (non-hydrogen) atoms. The average Bonchev–Trinajstić information content (AvgIpc) is 2.43. The first-order valence-corrected chi connectivity index (χ1v) is 8.45. The van der Waals surface area contributed by atoms with E-state index in [0.717, 1.165) is 0 Å². The molecule has 7 nitrogen and oxygen atoms in total. The molecule has 0 N–H and O–H groups in total. The van der Waals surface area contributed by atoms with E-state index in [-0.39, 0.29) is 24.8 Å². The normalized spacial score (nSPS) is 35.5. The van der Waals surface area contributed by atoms with E-state index in [9.17, 15) is 4.57 Å². The zero-order chi connectivity index (χ0) is 16.1. The maximum atomic E-state index is 12.3. The van der Waals surface area contributed by atoms with Crippen molar-refractivity contribution in [3.05, 3.63) is 0 Å².